The Balaban J connectivity index is 1.93. The summed E-state index contributed by atoms with van der Waals surface area (Å²) in [5.41, 5.74) is 2.73. The molecule has 0 bridgehead atoms. The van der Waals surface area contributed by atoms with Crippen LogP contribution < -0.4 is 5.32 Å². The Kier molecular flexibility index (Phi) is 4.07. The summed E-state index contributed by atoms with van der Waals surface area (Å²) in [6, 6.07) is 9.07. The summed E-state index contributed by atoms with van der Waals surface area (Å²) in [6.45, 7) is 12.4. The second-order valence-electron chi connectivity index (χ2n) is 7.11. The first-order chi connectivity index (χ1) is 8.79. The van der Waals surface area contributed by atoms with Crippen molar-refractivity contribution in [2.75, 3.05) is 11.9 Å². The van der Waals surface area contributed by atoms with Crippen LogP contribution in [0, 0.1) is 0 Å². The van der Waals surface area contributed by atoms with Crippen LogP contribution >= 0.6 is 0 Å². The van der Waals surface area contributed by atoms with E-state index in [4.69, 9.17) is 4.43 Å². The fraction of sp³-hybridized carbons (Fsp3) is 0.625. The van der Waals surface area contributed by atoms with Gasteiger partial charge >= 0.3 is 0 Å². The lowest BCUT2D eigenvalue weighted by atomic mass is 9.99. The van der Waals surface area contributed by atoms with Gasteiger partial charge in [-0.15, -0.1) is 0 Å². The Bertz CT molecular complexity index is 437. The Morgan fingerprint density at radius 2 is 1.95 bits per heavy atom. The summed E-state index contributed by atoms with van der Waals surface area (Å²) in [5.74, 6) is 0. The van der Waals surface area contributed by atoms with Crippen LogP contribution in [-0.4, -0.2) is 21.0 Å². The van der Waals surface area contributed by atoms with Gasteiger partial charge in [-0.2, -0.15) is 0 Å². The van der Waals surface area contributed by atoms with E-state index in [1.807, 2.05) is 0 Å². The molecule has 1 unspecified atom stereocenters. The van der Waals surface area contributed by atoms with E-state index in [0.717, 1.165) is 13.0 Å². The monoisotopic (exact) mass is 277 g/mol. The summed E-state index contributed by atoms with van der Waals surface area (Å²) in [7, 11) is -1.62. The van der Waals surface area contributed by atoms with Crippen LogP contribution in [0.1, 0.15) is 32.8 Å². The topological polar surface area (TPSA) is 21.3 Å². The third-order valence-corrected chi connectivity index (χ3v) is 9.09. The van der Waals surface area contributed by atoms with E-state index in [2.05, 4.69) is 63.4 Å². The third kappa shape index (κ3) is 3.40. The van der Waals surface area contributed by atoms with Crippen molar-refractivity contribution < 1.29 is 4.43 Å². The molecule has 19 heavy (non-hydrogen) atoms. The standard InChI is InChI=1S/C16H27NOSi/c1-16(2,3)19(4,5)18-12-14-11-10-13-8-6-7-9-15(13)17-14/h6-9,14,17H,10-12H2,1-5H3. The highest BCUT2D eigenvalue weighted by Gasteiger charge is 2.37. The van der Waals surface area contributed by atoms with Crippen molar-refractivity contribution in [3.8, 4) is 0 Å². The molecule has 106 valence electrons. The lowest BCUT2D eigenvalue weighted by Gasteiger charge is -2.38. The van der Waals surface area contributed by atoms with E-state index in [-0.39, 0.29) is 0 Å². The molecule has 0 aromatic heterocycles. The van der Waals surface area contributed by atoms with Crippen LogP contribution in [0.25, 0.3) is 0 Å². The van der Waals surface area contributed by atoms with Crippen LogP contribution in [0.15, 0.2) is 24.3 Å². The molecule has 0 radical (unpaired) electrons. The number of nitrogens with one attached hydrogen (secondary N) is 1. The first-order valence-electron chi connectivity index (χ1n) is 7.28. The van der Waals surface area contributed by atoms with Crippen molar-refractivity contribution in [2.45, 2.75) is 57.8 Å². The molecule has 0 spiro atoms. The second-order valence-corrected chi connectivity index (χ2v) is 11.9. The van der Waals surface area contributed by atoms with Crippen molar-refractivity contribution in [3.05, 3.63) is 29.8 Å². The van der Waals surface area contributed by atoms with Crippen LogP contribution in [0.3, 0.4) is 0 Å². The zero-order chi connectivity index (χ0) is 14.1. The highest BCUT2D eigenvalue weighted by atomic mass is 28.4. The Labute approximate surface area is 118 Å². The predicted octanol–water partition coefficient (Wildman–Crippen LogP) is 4.44. The number of anilines is 1. The van der Waals surface area contributed by atoms with Crippen molar-refractivity contribution in [2.24, 2.45) is 0 Å². The zero-order valence-corrected chi connectivity index (χ0v) is 13.9. The number of rotatable bonds is 3. The molecule has 1 heterocycles. The fourth-order valence-corrected chi connectivity index (χ4v) is 3.20. The maximum atomic E-state index is 6.32. The molecule has 0 saturated heterocycles. The van der Waals surface area contributed by atoms with Gasteiger partial charge in [0.25, 0.3) is 0 Å². The van der Waals surface area contributed by atoms with Gasteiger partial charge in [0.1, 0.15) is 0 Å². The highest BCUT2D eigenvalue weighted by Crippen LogP contribution is 2.37. The molecule has 3 heteroatoms. The van der Waals surface area contributed by atoms with E-state index in [1.165, 1.54) is 17.7 Å². The number of benzene rings is 1. The lowest BCUT2D eigenvalue weighted by Crippen LogP contribution is -2.44. The molecule has 2 nitrogen and oxygen atoms in total. The number of aryl methyl sites for hydroxylation is 1. The van der Waals surface area contributed by atoms with Gasteiger partial charge < -0.3 is 9.74 Å². The Morgan fingerprint density at radius 3 is 2.63 bits per heavy atom. The molecule has 1 aliphatic rings. The molecule has 1 aromatic rings. The molecular formula is C16H27NOSi. The minimum Gasteiger partial charge on any atom is -0.415 e. The van der Waals surface area contributed by atoms with Gasteiger partial charge in [0.05, 0.1) is 6.61 Å². The molecule has 0 aliphatic carbocycles. The molecule has 1 N–H and O–H groups in total. The van der Waals surface area contributed by atoms with Gasteiger partial charge in [-0.3, -0.25) is 0 Å². The molecule has 1 atom stereocenters. The van der Waals surface area contributed by atoms with E-state index < -0.39 is 8.32 Å². The van der Waals surface area contributed by atoms with Gasteiger partial charge in [0, 0.05) is 11.7 Å². The normalized spacial score (nSPS) is 19.7. The Morgan fingerprint density at radius 1 is 1.26 bits per heavy atom. The Hall–Kier alpha value is -0.803. The summed E-state index contributed by atoms with van der Waals surface area (Å²) < 4.78 is 6.32. The summed E-state index contributed by atoms with van der Waals surface area (Å²) in [5, 5.41) is 3.91. The van der Waals surface area contributed by atoms with Crippen molar-refractivity contribution in [3.63, 3.8) is 0 Å². The molecule has 0 amide bonds. The number of para-hydroxylation sites is 1. The van der Waals surface area contributed by atoms with Crippen LogP contribution in [0.2, 0.25) is 18.1 Å². The third-order valence-electron chi connectivity index (χ3n) is 4.59. The predicted molar refractivity (Wildman–Crippen MR) is 85.3 cm³/mol. The summed E-state index contributed by atoms with van der Waals surface area (Å²) in [4.78, 5) is 0. The highest BCUT2D eigenvalue weighted by molar-refractivity contribution is 6.74. The molecule has 1 aromatic carbocycles. The van der Waals surface area contributed by atoms with Crippen molar-refractivity contribution in [1.29, 1.82) is 0 Å². The smallest absolute Gasteiger partial charge is 0.192 e. The first kappa shape index (κ1) is 14.6. The van der Waals surface area contributed by atoms with Gasteiger partial charge in [-0.25, -0.2) is 0 Å². The summed E-state index contributed by atoms with van der Waals surface area (Å²) in [6.07, 6.45) is 2.33. The number of fused-ring (bicyclic) bond motifs is 1. The largest absolute Gasteiger partial charge is 0.415 e. The molecule has 0 saturated carbocycles. The van der Waals surface area contributed by atoms with Crippen LogP contribution in [-0.2, 0) is 10.8 Å². The number of hydrogen-bond acceptors (Lipinski definition) is 2. The van der Waals surface area contributed by atoms with Crippen molar-refractivity contribution >= 4 is 14.0 Å². The minimum absolute atomic E-state index is 0.291. The van der Waals surface area contributed by atoms with Gasteiger partial charge in [0.2, 0.25) is 0 Å². The minimum atomic E-state index is -1.62. The SMILES string of the molecule is CC(C)(C)[Si](C)(C)OCC1CCc2ccccc2N1. The maximum absolute atomic E-state index is 6.32. The maximum Gasteiger partial charge on any atom is 0.192 e. The quantitative estimate of drug-likeness (QED) is 0.825. The van der Waals surface area contributed by atoms with Crippen LogP contribution in [0.4, 0.5) is 5.69 Å². The molecular weight excluding hydrogens is 250 g/mol. The van der Waals surface area contributed by atoms with Gasteiger partial charge in [0.15, 0.2) is 8.32 Å². The summed E-state index contributed by atoms with van der Waals surface area (Å²) >= 11 is 0. The van der Waals surface area contributed by atoms with E-state index >= 15 is 0 Å². The number of hydrogen-bond donors (Lipinski definition) is 1. The zero-order valence-electron chi connectivity index (χ0n) is 12.9. The average Bonchev–Trinajstić information content (AvgIpc) is 2.35. The van der Waals surface area contributed by atoms with Crippen molar-refractivity contribution in [1.82, 2.24) is 0 Å². The van der Waals surface area contributed by atoms with E-state index in [1.54, 1.807) is 0 Å². The van der Waals surface area contributed by atoms with Crippen LogP contribution in [0.5, 0.6) is 0 Å². The first-order valence-corrected chi connectivity index (χ1v) is 10.2. The van der Waals surface area contributed by atoms with Gasteiger partial charge in [-0.05, 0) is 42.6 Å². The molecule has 2 rings (SSSR count). The van der Waals surface area contributed by atoms with E-state index in [0.29, 0.717) is 11.1 Å². The molecule has 0 fully saturated rings. The van der Waals surface area contributed by atoms with Gasteiger partial charge in [-0.1, -0.05) is 39.0 Å². The lowest BCUT2D eigenvalue weighted by molar-refractivity contribution is 0.264. The fourth-order valence-electron chi connectivity index (χ4n) is 2.15. The van der Waals surface area contributed by atoms with E-state index in [9.17, 15) is 0 Å². The average molecular weight is 277 g/mol. The molecule has 1 aliphatic heterocycles. The second kappa shape index (κ2) is 5.29.